The molecule has 0 spiro atoms. The maximum absolute atomic E-state index is 8.89. The Morgan fingerprint density at radius 1 is 1.00 bits per heavy atom. The summed E-state index contributed by atoms with van der Waals surface area (Å²) in [5, 5.41) is 8.89. The van der Waals surface area contributed by atoms with Gasteiger partial charge in [0.1, 0.15) is 0 Å². The molecule has 0 rings (SSSR count). The van der Waals surface area contributed by atoms with Crippen LogP contribution in [-0.2, 0) is 13.9 Å². The number of hydrogen-bond donors (Lipinski definition) is 4. The molecule has 10 nitrogen and oxygen atoms in total. The smallest absolute Gasteiger partial charge is 0.790 e. The van der Waals surface area contributed by atoms with E-state index in [0.29, 0.717) is 0 Å². The first-order chi connectivity index (χ1) is 5.73. The summed E-state index contributed by atoms with van der Waals surface area (Å²) >= 11 is 0. The molecule has 0 atom stereocenters. The number of hydrogen-bond acceptors (Lipinski definition) is 6. The Labute approximate surface area is 184 Å². The third-order valence-corrected chi connectivity index (χ3v) is 0. The quantitative estimate of drug-likeness (QED) is 0.242. The molecule has 0 bridgehead atoms. The molecule has 0 unspecified atom stereocenters. The molecule has 4 N–H and O–H groups in total. The van der Waals surface area contributed by atoms with Gasteiger partial charge in [-0.15, -0.1) is 0 Å². The van der Waals surface area contributed by atoms with Gasteiger partial charge < -0.3 is 43.8 Å². The number of carboxylic acid groups (broad SMARTS) is 1. The molecule has 15 heteroatoms. The molecule has 0 aliphatic carbocycles. The summed E-state index contributed by atoms with van der Waals surface area (Å²) in [5.41, 5.74) is 0. The van der Waals surface area contributed by atoms with Crippen molar-refractivity contribution < 1.29 is 159 Å². The Balaban J connectivity index is -0.0000000247. The van der Waals surface area contributed by atoms with Crippen LogP contribution in [0.5, 0.6) is 0 Å². The molecule has 88 valence electrons. The van der Waals surface area contributed by atoms with Crippen LogP contribution in [-0.4, -0.2) is 25.5 Å². The maximum Gasteiger partial charge on any atom is 1.00 e. The first-order valence-corrected chi connectivity index (χ1v) is 5.50. The van der Waals surface area contributed by atoms with Gasteiger partial charge in [-0.2, -0.15) is 0 Å². The van der Waals surface area contributed by atoms with E-state index in [0.717, 1.165) is 6.92 Å². The normalized spacial score (nSPS) is 8.41. The van der Waals surface area contributed by atoms with Gasteiger partial charge in [-0.25, -0.2) is 4.57 Å². The van der Waals surface area contributed by atoms with Crippen LogP contribution in [0.25, 0.3) is 0 Å². The number of carbonyl (C=O) groups excluding carboxylic acids is 1. The van der Waals surface area contributed by atoms with E-state index in [4.69, 9.17) is 48.4 Å². The average Bonchev–Trinajstić information content (AvgIpc) is 1.45. The van der Waals surface area contributed by atoms with Crippen molar-refractivity contribution in [3.63, 3.8) is 0 Å². The molecule has 0 aromatic heterocycles. The van der Waals surface area contributed by atoms with Crippen LogP contribution in [0.1, 0.15) is 6.92 Å². The van der Waals surface area contributed by atoms with Gasteiger partial charge in [0.15, 0.2) is 0 Å². The predicted molar refractivity (Wildman–Crippen MR) is 34.8 cm³/mol. The van der Waals surface area contributed by atoms with Crippen LogP contribution in [0.4, 0.5) is 0 Å². The molecular formula is C2H7KNa2O10P2. The summed E-state index contributed by atoms with van der Waals surface area (Å²) in [6, 6.07) is 0. The fraction of sp³-hybridized carbons (Fsp3) is 0.500. The van der Waals surface area contributed by atoms with Gasteiger partial charge in [-0.3, -0.25) is 0 Å². The second-order valence-corrected chi connectivity index (χ2v) is 3.44. The Bertz CT molecular complexity index is 206. The molecule has 0 aliphatic heterocycles. The van der Waals surface area contributed by atoms with Crippen LogP contribution >= 0.6 is 15.6 Å². The molecule has 0 aliphatic rings. The summed E-state index contributed by atoms with van der Waals surface area (Å²) in [6.07, 6.45) is 0. The standard InChI is InChI=1S/C2H4O2.K.2Na.2H3O4P/c1-2(3)4;;;;2*1-5(2,3)4/h1H3,(H,3,4);;;;2*(H3,1,2,3,4)/q;3*+1;;/p-3. The fourth-order valence-electron chi connectivity index (χ4n) is 0. The molecule has 0 saturated carbocycles. The van der Waals surface area contributed by atoms with E-state index in [1.807, 2.05) is 0 Å². The molecule has 0 heterocycles. The monoisotopic (exact) mass is 338 g/mol. The Kier molecular flexibility index (Phi) is 42.1. The Hall–Kier alpha value is 3.33. The van der Waals surface area contributed by atoms with Crippen molar-refractivity contribution in [2.45, 2.75) is 6.92 Å². The molecule has 0 saturated heterocycles. The van der Waals surface area contributed by atoms with Crippen molar-refractivity contribution in [3.8, 4) is 0 Å². The zero-order chi connectivity index (χ0) is 12.6. The van der Waals surface area contributed by atoms with E-state index in [2.05, 4.69) is 0 Å². The van der Waals surface area contributed by atoms with Crippen molar-refractivity contribution in [3.05, 3.63) is 0 Å². The van der Waals surface area contributed by atoms with E-state index >= 15 is 0 Å². The zero-order valence-electron chi connectivity index (χ0n) is 9.63. The first kappa shape index (κ1) is 37.0. The number of carbonyl (C=O) groups is 1. The van der Waals surface area contributed by atoms with Gasteiger partial charge in [0.2, 0.25) is 0 Å². The van der Waals surface area contributed by atoms with Gasteiger partial charge in [-0.1, -0.05) is 0 Å². The summed E-state index contributed by atoms with van der Waals surface area (Å²) in [7, 11) is -9.78. The largest absolute Gasteiger partial charge is 1.00 e. The molecule has 17 heavy (non-hydrogen) atoms. The average molecular weight is 338 g/mol. The van der Waals surface area contributed by atoms with E-state index in [-0.39, 0.29) is 110 Å². The van der Waals surface area contributed by atoms with E-state index < -0.39 is 21.6 Å². The molecular weight excluding hydrogens is 331 g/mol. The second-order valence-electron chi connectivity index (χ2n) is 1.47. The Morgan fingerprint density at radius 2 is 1.00 bits per heavy atom. The van der Waals surface area contributed by atoms with E-state index in [1.165, 1.54) is 0 Å². The summed E-state index contributed by atoms with van der Waals surface area (Å²) in [5.74, 6) is -1.08. The minimum atomic E-state index is -5.14. The summed E-state index contributed by atoms with van der Waals surface area (Å²) < 4.78 is 17.5. The van der Waals surface area contributed by atoms with Crippen LogP contribution < -0.4 is 125 Å². The molecule has 0 radical (unpaired) electrons. The third-order valence-electron chi connectivity index (χ3n) is 0. The number of phosphoric acid groups is 2. The van der Waals surface area contributed by atoms with Gasteiger partial charge >= 0.3 is 118 Å². The minimum absolute atomic E-state index is 0. The topological polar surface area (TPSA) is 201 Å². The maximum atomic E-state index is 8.89. The van der Waals surface area contributed by atoms with Gasteiger partial charge in [0, 0.05) is 5.97 Å². The van der Waals surface area contributed by atoms with Crippen molar-refractivity contribution in [1.82, 2.24) is 0 Å². The number of carboxylic acids is 1. The van der Waals surface area contributed by atoms with Gasteiger partial charge in [0.25, 0.3) is 0 Å². The molecule has 0 fully saturated rings. The van der Waals surface area contributed by atoms with Crippen molar-refractivity contribution in [1.29, 1.82) is 0 Å². The van der Waals surface area contributed by atoms with Crippen molar-refractivity contribution in [2.75, 3.05) is 0 Å². The number of rotatable bonds is 0. The van der Waals surface area contributed by atoms with Gasteiger partial charge in [0.05, 0.1) is 7.82 Å². The summed E-state index contributed by atoms with van der Waals surface area (Å²) in [6.45, 7) is 0.972. The first-order valence-electron chi connectivity index (χ1n) is 2.44. The minimum Gasteiger partial charge on any atom is -0.790 e. The van der Waals surface area contributed by atoms with Gasteiger partial charge in [-0.05, 0) is 6.92 Å². The fourth-order valence-corrected chi connectivity index (χ4v) is 0. The van der Waals surface area contributed by atoms with Crippen LogP contribution in [0.3, 0.4) is 0 Å². The van der Waals surface area contributed by atoms with E-state index in [1.54, 1.807) is 0 Å². The molecule has 0 amide bonds. The Morgan fingerprint density at radius 3 is 1.00 bits per heavy atom. The second kappa shape index (κ2) is 19.3. The van der Waals surface area contributed by atoms with Crippen LogP contribution in [0.15, 0.2) is 0 Å². The zero-order valence-corrected chi connectivity index (χ0v) is 18.5. The molecule has 0 aromatic carbocycles. The summed E-state index contributed by atoms with van der Waals surface area (Å²) in [4.78, 5) is 54.7. The van der Waals surface area contributed by atoms with Crippen LogP contribution in [0.2, 0.25) is 0 Å². The van der Waals surface area contributed by atoms with E-state index in [9.17, 15) is 0 Å². The number of aliphatic carboxylic acids is 1. The predicted octanol–water partition coefficient (Wildman–Crippen LogP) is -13.4. The SMILES string of the molecule is CC(=O)[O-].O=P(O)(O)O.O=P([O-])([O-])O.[K+].[Na+].[Na+]. The van der Waals surface area contributed by atoms with Crippen molar-refractivity contribution >= 4 is 21.6 Å². The van der Waals surface area contributed by atoms with Crippen LogP contribution in [0, 0.1) is 0 Å². The molecule has 0 aromatic rings. The van der Waals surface area contributed by atoms with Crippen molar-refractivity contribution in [2.24, 2.45) is 0 Å². The third kappa shape index (κ3) is 524.